The van der Waals surface area contributed by atoms with Crippen LogP contribution in [-0.2, 0) is 13.5 Å². The van der Waals surface area contributed by atoms with Crippen LogP contribution in [0.4, 0.5) is 11.8 Å². The minimum Gasteiger partial charge on any atom is -0.454 e. The van der Waals surface area contributed by atoms with Crippen molar-refractivity contribution < 1.29 is 9.47 Å². The molecule has 3 aromatic heterocycles. The van der Waals surface area contributed by atoms with Crippen LogP contribution in [0.5, 0.6) is 11.5 Å². The lowest BCUT2D eigenvalue weighted by Crippen LogP contribution is -2.08. The summed E-state index contributed by atoms with van der Waals surface area (Å²) in [7, 11) is 1.80. The molecule has 1 aliphatic rings. The fraction of sp³-hybridized carbons (Fsp3) is 0.211. The fourth-order valence-corrected chi connectivity index (χ4v) is 3.91. The molecule has 1 aromatic carbocycles. The van der Waals surface area contributed by atoms with E-state index in [-0.39, 0.29) is 6.79 Å². The van der Waals surface area contributed by atoms with Gasteiger partial charge in [0, 0.05) is 24.0 Å². The molecule has 0 unspecified atom stereocenters. The second-order valence-electron chi connectivity index (χ2n) is 6.43. The third-order valence-electron chi connectivity index (χ3n) is 4.62. The van der Waals surface area contributed by atoms with Gasteiger partial charge in [-0.1, -0.05) is 6.07 Å². The molecule has 0 amide bonds. The highest BCUT2D eigenvalue weighted by Gasteiger charge is 2.20. The third-order valence-corrected chi connectivity index (χ3v) is 5.56. The lowest BCUT2D eigenvalue weighted by molar-refractivity contribution is 0.174. The molecule has 9 heteroatoms. The minimum atomic E-state index is 0.225. The first-order valence-corrected chi connectivity index (χ1v) is 9.73. The van der Waals surface area contributed by atoms with Gasteiger partial charge in [0.05, 0.1) is 11.1 Å². The molecule has 4 heterocycles. The molecule has 28 heavy (non-hydrogen) atoms. The van der Waals surface area contributed by atoms with E-state index in [1.54, 1.807) is 23.1 Å². The number of nitrogens with one attached hydrogen (secondary N) is 1. The molecule has 0 spiro atoms. The monoisotopic (exact) mass is 394 g/mol. The van der Waals surface area contributed by atoms with Gasteiger partial charge in [0.15, 0.2) is 17.1 Å². The summed E-state index contributed by atoms with van der Waals surface area (Å²) in [5.41, 5.74) is 8.39. The van der Waals surface area contributed by atoms with Crippen LogP contribution in [0.2, 0.25) is 0 Å². The van der Waals surface area contributed by atoms with E-state index in [9.17, 15) is 0 Å². The maximum absolute atomic E-state index is 6.25. The largest absolute Gasteiger partial charge is 0.454 e. The Morgan fingerprint density at radius 1 is 1.21 bits per heavy atom. The number of aromatic nitrogens is 4. The molecule has 0 fully saturated rings. The van der Waals surface area contributed by atoms with Crippen molar-refractivity contribution in [3.05, 3.63) is 40.6 Å². The van der Waals surface area contributed by atoms with Gasteiger partial charge in [0.2, 0.25) is 12.7 Å². The topological polar surface area (TPSA) is 100 Å². The Kier molecular flexibility index (Phi) is 4.01. The number of nitrogens with two attached hydrogens (primary N) is 1. The molecule has 3 N–H and O–H groups in total. The third kappa shape index (κ3) is 2.89. The Morgan fingerprint density at radius 3 is 2.96 bits per heavy atom. The van der Waals surface area contributed by atoms with E-state index in [2.05, 4.69) is 32.9 Å². The average Bonchev–Trinajstić information content (AvgIpc) is 3.42. The number of rotatable bonds is 5. The van der Waals surface area contributed by atoms with E-state index in [4.69, 9.17) is 20.2 Å². The average molecular weight is 394 g/mol. The summed E-state index contributed by atoms with van der Waals surface area (Å²) in [6, 6.07) is 9.90. The number of nitrogen functional groups attached to an aromatic ring is 1. The predicted molar refractivity (Wildman–Crippen MR) is 109 cm³/mol. The number of fused-ring (bicyclic) bond motifs is 2. The lowest BCUT2D eigenvalue weighted by atomic mass is 10.1. The summed E-state index contributed by atoms with van der Waals surface area (Å²) in [6.45, 7) is 0.956. The standard InChI is InChI=1S/C19H18N6O2S/c1-25-17(20)15-16(11-4-5-13-14(9-11)27-10-26-13)22-19(23-18(15)24-25)21-7-6-12-3-2-8-28-12/h2-5,8-9H,6-7,10,20H2,1H3,(H,21,23,24). The quantitative estimate of drug-likeness (QED) is 0.536. The van der Waals surface area contributed by atoms with Gasteiger partial charge < -0.3 is 20.5 Å². The summed E-state index contributed by atoms with van der Waals surface area (Å²) in [5, 5.41) is 10.5. The minimum absolute atomic E-state index is 0.225. The molecule has 8 nitrogen and oxygen atoms in total. The number of nitrogens with zero attached hydrogens (tertiary/aromatic N) is 4. The second-order valence-corrected chi connectivity index (χ2v) is 7.46. The van der Waals surface area contributed by atoms with Crippen molar-refractivity contribution in [2.75, 3.05) is 24.4 Å². The van der Waals surface area contributed by atoms with Crippen LogP contribution in [0.3, 0.4) is 0 Å². The van der Waals surface area contributed by atoms with Crippen molar-refractivity contribution in [2.24, 2.45) is 7.05 Å². The fourth-order valence-electron chi connectivity index (χ4n) is 3.20. The number of aryl methyl sites for hydroxylation is 1. The van der Waals surface area contributed by atoms with Crippen LogP contribution in [0, 0.1) is 0 Å². The van der Waals surface area contributed by atoms with E-state index in [1.807, 2.05) is 18.2 Å². The van der Waals surface area contributed by atoms with Gasteiger partial charge >= 0.3 is 0 Å². The molecule has 0 saturated carbocycles. The van der Waals surface area contributed by atoms with E-state index in [0.717, 1.165) is 29.7 Å². The zero-order valence-corrected chi connectivity index (χ0v) is 16.0. The van der Waals surface area contributed by atoms with Crippen LogP contribution in [0.15, 0.2) is 35.7 Å². The highest BCUT2D eigenvalue weighted by Crippen LogP contribution is 2.38. The summed E-state index contributed by atoms with van der Waals surface area (Å²) in [4.78, 5) is 10.6. The van der Waals surface area contributed by atoms with Gasteiger partial charge in [-0.15, -0.1) is 11.3 Å². The Hall–Kier alpha value is -3.33. The van der Waals surface area contributed by atoms with Crippen molar-refractivity contribution in [2.45, 2.75) is 6.42 Å². The summed E-state index contributed by atoms with van der Waals surface area (Å²) in [6.07, 6.45) is 0.906. The van der Waals surface area contributed by atoms with Crippen molar-refractivity contribution in [1.82, 2.24) is 19.7 Å². The molecule has 0 radical (unpaired) electrons. The molecule has 0 atom stereocenters. The summed E-state index contributed by atoms with van der Waals surface area (Å²) < 4.78 is 12.5. The van der Waals surface area contributed by atoms with Crippen molar-refractivity contribution in [3.63, 3.8) is 0 Å². The van der Waals surface area contributed by atoms with E-state index in [0.29, 0.717) is 28.9 Å². The molecule has 0 aliphatic carbocycles. The van der Waals surface area contributed by atoms with Crippen molar-refractivity contribution in [1.29, 1.82) is 0 Å². The maximum atomic E-state index is 6.25. The van der Waals surface area contributed by atoms with Crippen LogP contribution in [0.1, 0.15) is 4.88 Å². The Morgan fingerprint density at radius 2 is 2.11 bits per heavy atom. The second kappa shape index (κ2) is 6.68. The van der Waals surface area contributed by atoms with Gasteiger partial charge in [0.25, 0.3) is 0 Å². The first kappa shape index (κ1) is 16.8. The number of hydrogen-bond acceptors (Lipinski definition) is 8. The first-order valence-electron chi connectivity index (χ1n) is 8.85. The molecular weight excluding hydrogens is 376 g/mol. The Balaban J connectivity index is 1.54. The number of thiophene rings is 1. The van der Waals surface area contributed by atoms with Gasteiger partial charge in [-0.05, 0) is 36.1 Å². The molecular formula is C19H18N6O2S. The number of ether oxygens (including phenoxy) is 2. The highest BCUT2D eigenvalue weighted by atomic mass is 32.1. The van der Waals surface area contributed by atoms with Crippen LogP contribution < -0.4 is 20.5 Å². The van der Waals surface area contributed by atoms with Gasteiger partial charge in [-0.3, -0.25) is 4.68 Å². The van der Waals surface area contributed by atoms with E-state index < -0.39 is 0 Å². The Labute approximate surface area is 164 Å². The lowest BCUT2D eigenvalue weighted by Gasteiger charge is -2.09. The smallest absolute Gasteiger partial charge is 0.231 e. The zero-order valence-electron chi connectivity index (χ0n) is 15.2. The molecule has 1 aliphatic heterocycles. The Bertz CT molecular complexity index is 1160. The zero-order chi connectivity index (χ0) is 19.1. The molecule has 5 rings (SSSR count). The van der Waals surface area contributed by atoms with Crippen LogP contribution in [0.25, 0.3) is 22.3 Å². The van der Waals surface area contributed by atoms with Crippen molar-refractivity contribution >= 4 is 34.1 Å². The van der Waals surface area contributed by atoms with Crippen LogP contribution in [-0.4, -0.2) is 33.1 Å². The predicted octanol–water partition coefficient (Wildman–Crippen LogP) is 3.06. The molecule has 0 bridgehead atoms. The number of hydrogen-bond donors (Lipinski definition) is 2. The molecule has 142 valence electrons. The summed E-state index contributed by atoms with van der Waals surface area (Å²) in [5.74, 6) is 2.46. The number of benzene rings is 1. The normalized spacial score (nSPS) is 12.6. The van der Waals surface area contributed by atoms with Crippen LogP contribution >= 0.6 is 11.3 Å². The van der Waals surface area contributed by atoms with E-state index >= 15 is 0 Å². The van der Waals surface area contributed by atoms with Crippen molar-refractivity contribution in [3.8, 4) is 22.8 Å². The maximum Gasteiger partial charge on any atom is 0.231 e. The molecule has 0 saturated heterocycles. The first-order chi connectivity index (χ1) is 13.7. The van der Waals surface area contributed by atoms with Gasteiger partial charge in [-0.2, -0.15) is 10.1 Å². The number of anilines is 2. The van der Waals surface area contributed by atoms with Gasteiger partial charge in [-0.25, -0.2) is 4.98 Å². The summed E-state index contributed by atoms with van der Waals surface area (Å²) >= 11 is 1.74. The highest BCUT2D eigenvalue weighted by molar-refractivity contribution is 7.09. The van der Waals surface area contributed by atoms with Gasteiger partial charge in [0.1, 0.15) is 5.82 Å². The molecule has 4 aromatic rings. The van der Waals surface area contributed by atoms with E-state index in [1.165, 1.54) is 4.88 Å². The SMILES string of the molecule is Cn1nc2nc(NCCc3cccs3)nc(-c3ccc4c(c3)OCO4)c2c1N.